The molecule has 0 aliphatic carbocycles. The zero-order valence-electron chi connectivity index (χ0n) is 17.0. The quantitative estimate of drug-likeness (QED) is 0.221. The molecule has 0 saturated carbocycles. The zero-order chi connectivity index (χ0) is 18.6. The molecule has 0 bridgehead atoms. The summed E-state index contributed by atoms with van der Waals surface area (Å²) < 4.78 is 12.1. The van der Waals surface area contributed by atoms with E-state index in [2.05, 4.69) is 57.2 Å². The van der Waals surface area contributed by atoms with Crippen molar-refractivity contribution in [3.8, 4) is 0 Å². The summed E-state index contributed by atoms with van der Waals surface area (Å²) in [7, 11) is 3.52. The van der Waals surface area contributed by atoms with E-state index in [9.17, 15) is 0 Å². The topological polar surface area (TPSA) is 18.5 Å². The molecule has 1 rings (SSSR count). The van der Waals surface area contributed by atoms with Gasteiger partial charge in [-0.05, 0) is 12.8 Å². The fraction of sp³-hybridized carbons (Fsp3) is 0.652. The number of ether oxygens (including phenoxy) is 2. The predicted molar refractivity (Wildman–Crippen MR) is 108 cm³/mol. The molecule has 142 valence electrons. The number of hydrogen-bond acceptors (Lipinski definition) is 2. The normalized spacial score (nSPS) is 14.8. The zero-order valence-corrected chi connectivity index (χ0v) is 17.0. The Morgan fingerprint density at radius 1 is 0.880 bits per heavy atom. The minimum absolute atomic E-state index is 0.210. The first-order chi connectivity index (χ1) is 12.1. The van der Waals surface area contributed by atoms with Gasteiger partial charge in [0.1, 0.15) is 0 Å². The number of rotatable bonds is 13. The molecule has 1 unspecified atom stereocenters. The SMILES string of the molecule is CCC=CC(C)(CCCCCCCC)C(OC)(OC)c1ccccc1. The Morgan fingerprint density at radius 3 is 2.04 bits per heavy atom. The van der Waals surface area contributed by atoms with Gasteiger partial charge in [0.25, 0.3) is 0 Å². The molecule has 1 aromatic carbocycles. The summed E-state index contributed by atoms with van der Waals surface area (Å²) in [6, 6.07) is 10.3. The molecule has 0 aliphatic heterocycles. The second-order valence-electron chi connectivity index (χ2n) is 7.14. The Kier molecular flexibility index (Phi) is 10.1. The summed E-state index contributed by atoms with van der Waals surface area (Å²) in [5.41, 5.74) is 0.868. The molecule has 0 amide bonds. The summed E-state index contributed by atoms with van der Waals surface area (Å²) in [5, 5.41) is 0. The summed E-state index contributed by atoms with van der Waals surface area (Å²) in [6.07, 6.45) is 14.4. The van der Waals surface area contributed by atoms with Gasteiger partial charge in [-0.2, -0.15) is 0 Å². The van der Waals surface area contributed by atoms with E-state index < -0.39 is 5.79 Å². The monoisotopic (exact) mass is 346 g/mol. The van der Waals surface area contributed by atoms with E-state index in [4.69, 9.17) is 9.47 Å². The summed E-state index contributed by atoms with van der Waals surface area (Å²) in [6.45, 7) is 6.70. The number of methoxy groups -OCH3 is 2. The van der Waals surface area contributed by atoms with E-state index >= 15 is 0 Å². The molecule has 0 spiro atoms. The van der Waals surface area contributed by atoms with Crippen LogP contribution < -0.4 is 0 Å². The first-order valence-electron chi connectivity index (χ1n) is 9.93. The maximum Gasteiger partial charge on any atom is 0.203 e. The number of unbranched alkanes of at least 4 members (excludes halogenated alkanes) is 5. The molecule has 25 heavy (non-hydrogen) atoms. The minimum atomic E-state index is -0.761. The van der Waals surface area contributed by atoms with Crippen LogP contribution >= 0.6 is 0 Å². The molecule has 0 fully saturated rings. The van der Waals surface area contributed by atoms with E-state index in [1.807, 2.05) is 6.07 Å². The maximum absolute atomic E-state index is 6.06. The van der Waals surface area contributed by atoms with E-state index in [1.165, 1.54) is 38.5 Å². The van der Waals surface area contributed by atoms with Crippen molar-refractivity contribution in [2.24, 2.45) is 5.41 Å². The highest BCUT2D eigenvalue weighted by atomic mass is 16.7. The Hall–Kier alpha value is -1.12. The van der Waals surface area contributed by atoms with Crippen LogP contribution in [0.25, 0.3) is 0 Å². The first kappa shape index (κ1) is 21.9. The van der Waals surface area contributed by atoms with Crippen molar-refractivity contribution in [2.45, 2.75) is 77.9 Å². The molecular weight excluding hydrogens is 308 g/mol. The third kappa shape index (κ3) is 5.69. The van der Waals surface area contributed by atoms with Gasteiger partial charge in [0.2, 0.25) is 5.79 Å². The van der Waals surface area contributed by atoms with Crippen molar-refractivity contribution in [1.82, 2.24) is 0 Å². The van der Waals surface area contributed by atoms with Gasteiger partial charge in [-0.3, -0.25) is 0 Å². The lowest BCUT2D eigenvalue weighted by Crippen LogP contribution is -2.46. The van der Waals surface area contributed by atoms with Crippen LogP contribution in [0.5, 0.6) is 0 Å². The average molecular weight is 347 g/mol. The summed E-state index contributed by atoms with van der Waals surface area (Å²) in [5.74, 6) is -0.761. The second kappa shape index (κ2) is 11.5. The van der Waals surface area contributed by atoms with Gasteiger partial charge in [-0.1, -0.05) is 102 Å². The maximum atomic E-state index is 6.06. The van der Waals surface area contributed by atoms with Gasteiger partial charge in [-0.15, -0.1) is 0 Å². The molecule has 1 aromatic rings. The van der Waals surface area contributed by atoms with Crippen molar-refractivity contribution >= 4 is 0 Å². The van der Waals surface area contributed by atoms with E-state index in [1.54, 1.807) is 14.2 Å². The van der Waals surface area contributed by atoms with Crippen LogP contribution in [0.2, 0.25) is 0 Å². The van der Waals surface area contributed by atoms with Crippen LogP contribution in [-0.2, 0) is 15.3 Å². The predicted octanol–water partition coefficient (Wildman–Crippen LogP) is 6.86. The van der Waals surface area contributed by atoms with Crippen LogP contribution in [0.3, 0.4) is 0 Å². The molecule has 0 saturated heterocycles. The first-order valence-corrected chi connectivity index (χ1v) is 9.93. The molecule has 2 nitrogen and oxygen atoms in total. The third-order valence-corrected chi connectivity index (χ3v) is 5.25. The van der Waals surface area contributed by atoms with Crippen molar-refractivity contribution in [3.05, 3.63) is 48.0 Å². The Balaban J connectivity index is 3.01. The fourth-order valence-corrected chi connectivity index (χ4v) is 3.78. The highest BCUT2D eigenvalue weighted by Gasteiger charge is 2.48. The Labute approximate surface area is 155 Å². The average Bonchev–Trinajstić information content (AvgIpc) is 2.65. The number of hydrogen-bond donors (Lipinski definition) is 0. The van der Waals surface area contributed by atoms with Crippen molar-refractivity contribution in [3.63, 3.8) is 0 Å². The van der Waals surface area contributed by atoms with E-state index in [0.29, 0.717) is 0 Å². The lowest BCUT2D eigenvalue weighted by atomic mass is 9.73. The van der Waals surface area contributed by atoms with Crippen molar-refractivity contribution < 1.29 is 9.47 Å². The lowest BCUT2D eigenvalue weighted by Gasteiger charge is -2.45. The Morgan fingerprint density at radius 2 is 1.48 bits per heavy atom. The van der Waals surface area contributed by atoms with Crippen molar-refractivity contribution in [1.29, 1.82) is 0 Å². The van der Waals surface area contributed by atoms with Crippen LogP contribution in [0.1, 0.15) is 77.7 Å². The molecule has 0 heterocycles. The largest absolute Gasteiger partial charge is 0.349 e. The van der Waals surface area contributed by atoms with Gasteiger partial charge in [-0.25, -0.2) is 0 Å². The van der Waals surface area contributed by atoms with Gasteiger partial charge in [0.15, 0.2) is 0 Å². The van der Waals surface area contributed by atoms with Crippen LogP contribution in [0.4, 0.5) is 0 Å². The van der Waals surface area contributed by atoms with Crippen molar-refractivity contribution in [2.75, 3.05) is 14.2 Å². The molecule has 0 aliphatic rings. The van der Waals surface area contributed by atoms with Crippen LogP contribution in [0.15, 0.2) is 42.5 Å². The van der Waals surface area contributed by atoms with Crippen LogP contribution in [0, 0.1) is 5.41 Å². The second-order valence-corrected chi connectivity index (χ2v) is 7.14. The molecule has 0 radical (unpaired) electrons. The summed E-state index contributed by atoms with van der Waals surface area (Å²) in [4.78, 5) is 0. The smallest absolute Gasteiger partial charge is 0.203 e. The lowest BCUT2D eigenvalue weighted by molar-refractivity contribution is -0.272. The molecule has 0 aromatic heterocycles. The van der Waals surface area contributed by atoms with Gasteiger partial charge < -0.3 is 9.47 Å². The van der Waals surface area contributed by atoms with E-state index in [-0.39, 0.29) is 5.41 Å². The number of allylic oxidation sites excluding steroid dienone is 1. The molecule has 2 heteroatoms. The van der Waals surface area contributed by atoms with Gasteiger partial charge >= 0.3 is 0 Å². The van der Waals surface area contributed by atoms with Gasteiger partial charge in [0.05, 0.1) is 0 Å². The highest BCUT2D eigenvalue weighted by Crippen LogP contribution is 2.48. The summed E-state index contributed by atoms with van der Waals surface area (Å²) >= 11 is 0. The third-order valence-electron chi connectivity index (χ3n) is 5.25. The Bertz CT molecular complexity index is 476. The fourth-order valence-electron chi connectivity index (χ4n) is 3.78. The standard InChI is InChI=1S/C23H38O2/c1-6-8-10-11-12-16-20-22(3,19-9-7-2)23(24-4,25-5)21-17-14-13-15-18-21/h9,13-15,17-19H,6-8,10-12,16,20H2,1-5H3. The number of benzene rings is 1. The van der Waals surface area contributed by atoms with E-state index in [0.717, 1.165) is 18.4 Å². The minimum Gasteiger partial charge on any atom is -0.349 e. The van der Waals surface area contributed by atoms with Gasteiger partial charge in [0, 0.05) is 25.2 Å². The molecular formula is C23H38O2. The highest BCUT2D eigenvalue weighted by molar-refractivity contribution is 5.26. The molecule has 0 N–H and O–H groups in total. The molecule has 1 atom stereocenters. The van der Waals surface area contributed by atoms with Crippen LogP contribution in [-0.4, -0.2) is 14.2 Å².